The Morgan fingerprint density at radius 1 is 1.25 bits per heavy atom. The Balaban J connectivity index is 1.92. The van der Waals surface area contributed by atoms with Gasteiger partial charge in [0.15, 0.2) is 0 Å². The Kier molecular flexibility index (Phi) is 5.04. The lowest BCUT2D eigenvalue weighted by molar-refractivity contribution is -0.127. The quantitative estimate of drug-likeness (QED) is 0.705. The van der Waals surface area contributed by atoms with Gasteiger partial charge in [-0.2, -0.15) is 0 Å². The molecule has 3 rings (SSSR count). The number of nitrogens with zero attached hydrogens (tertiary/aromatic N) is 1. The number of benzene rings is 1. The first-order valence-corrected chi connectivity index (χ1v) is 8.69. The number of anilines is 1. The summed E-state index contributed by atoms with van der Waals surface area (Å²) in [6.45, 7) is 3.37. The van der Waals surface area contributed by atoms with Crippen LogP contribution in [-0.4, -0.2) is 48.2 Å². The molecule has 1 aliphatic heterocycles. The summed E-state index contributed by atoms with van der Waals surface area (Å²) < 4.78 is 13.6. The lowest BCUT2D eigenvalue weighted by atomic mass is 10.0. The highest BCUT2D eigenvalue weighted by molar-refractivity contribution is 6.34. The van der Waals surface area contributed by atoms with Crippen molar-refractivity contribution in [3.63, 3.8) is 0 Å². The lowest BCUT2D eigenvalue weighted by Gasteiger charge is -2.11. The average molecular weight is 384 g/mol. The molecule has 0 saturated carbocycles. The minimum atomic E-state index is -0.439. The molecule has 0 atom stereocenters. The minimum Gasteiger partial charge on any atom is -0.358 e. The smallest absolute Gasteiger partial charge is 0.256 e. The Morgan fingerprint density at radius 2 is 1.96 bits per heavy atom. The van der Waals surface area contributed by atoms with Crippen molar-refractivity contribution in [2.45, 2.75) is 13.8 Å². The molecule has 1 aromatic heterocycles. The maximum atomic E-state index is 13.6. The number of carbonyl (C=O) groups is 3. The number of aryl methyl sites for hydroxylation is 1. The molecule has 1 aliphatic rings. The van der Waals surface area contributed by atoms with Crippen molar-refractivity contribution in [3.05, 3.63) is 52.1 Å². The highest BCUT2D eigenvalue weighted by Crippen LogP contribution is 2.34. The monoisotopic (exact) mass is 384 g/mol. The zero-order valence-corrected chi connectivity index (χ0v) is 16.1. The van der Waals surface area contributed by atoms with E-state index in [1.54, 1.807) is 34.0 Å². The molecule has 3 amide bonds. The summed E-state index contributed by atoms with van der Waals surface area (Å²) in [7, 11) is 3.22. The standard InChI is InChI=1S/C20H21FN4O3/c1-10-16(8-14-13-7-12(21)5-6-15(13)24-19(14)27)23-11(2)18(10)20(28)22-9-17(26)25(3)4/h5-8,23H,9H2,1-4H3,(H,22,28)(H,24,27)/b14-8-. The van der Waals surface area contributed by atoms with Gasteiger partial charge in [0, 0.05) is 36.7 Å². The topological polar surface area (TPSA) is 94.3 Å². The number of carbonyl (C=O) groups excluding carboxylic acids is 3. The SMILES string of the molecule is Cc1[nH]c(/C=C2\C(=O)Nc3ccc(F)cc32)c(C)c1C(=O)NCC(=O)N(C)C. The molecule has 8 heteroatoms. The van der Waals surface area contributed by atoms with Gasteiger partial charge < -0.3 is 20.5 Å². The van der Waals surface area contributed by atoms with E-state index in [9.17, 15) is 18.8 Å². The third-order valence-electron chi connectivity index (χ3n) is 4.66. The fourth-order valence-electron chi connectivity index (χ4n) is 3.11. The third-order valence-corrected chi connectivity index (χ3v) is 4.66. The number of likely N-dealkylation sites (N-methyl/N-ethyl adjacent to an activating group) is 1. The van der Waals surface area contributed by atoms with E-state index in [2.05, 4.69) is 15.6 Å². The molecule has 2 heterocycles. The fourth-order valence-corrected chi connectivity index (χ4v) is 3.11. The second-order valence-electron chi connectivity index (χ2n) is 6.84. The van der Waals surface area contributed by atoms with Gasteiger partial charge in [0.1, 0.15) is 5.82 Å². The zero-order chi connectivity index (χ0) is 20.6. The van der Waals surface area contributed by atoms with E-state index in [1.165, 1.54) is 23.1 Å². The third kappa shape index (κ3) is 3.53. The number of rotatable bonds is 4. The molecule has 3 N–H and O–H groups in total. The predicted molar refractivity (Wildman–Crippen MR) is 104 cm³/mol. The summed E-state index contributed by atoms with van der Waals surface area (Å²) in [5.41, 5.74) is 3.56. The van der Waals surface area contributed by atoms with Gasteiger partial charge in [0.05, 0.1) is 17.7 Å². The molecule has 28 heavy (non-hydrogen) atoms. The molecular weight excluding hydrogens is 363 g/mol. The summed E-state index contributed by atoms with van der Waals surface area (Å²) >= 11 is 0. The normalized spacial score (nSPS) is 14.0. The van der Waals surface area contributed by atoms with Gasteiger partial charge >= 0.3 is 0 Å². The second-order valence-corrected chi connectivity index (χ2v) is 6.84. The van der Waals surface area contributed by atoms with Gasteiger partial charge in [-0.15, -0.1) is 0 Å². The molecule has 2 aromatic rings. The molecular formula is C20H21FN4O3. The molecule has 0 unspecified atom stereocenters. The van der Waals surface area contributed by atoms with Gasteiger partial charge in [-0.25, -0.2) is 4.39 Å². The van der Waals surface area contributed by atoms with Crippen molar-refractivity contribution in [1.29, 1.82) is 0 Å². The fraction of sp³-hybridized carbons (Fsp3) is 0.250. The summed E-state index contributed by atoms with van der Waals surface area (Å²) in [5.74, 6) is -1.38. The van der Waals surface area contributed by atoms with Gasteiger partial charge in [0.2, 0.25) is 5.91 Å². The number of H-pyrrole nitrogens is 1. The van der Waals surface area contributed by atoms with Crippen LogP contribution < -0.4 is 10.6 Å². The van der Waals surface area contributed by atoms with Crippen LogP contribution in [0.4, 0.5) is 10.1 Å². The van der Waals surface area contributed by atoms with E-state index in [-0.39, 0.29) is 24.3 Å². The van der Waals surface area contributed by atoms with Crippen LogP contribution in [0.15, 0.2) is 18.2 Å². The van der Waals surface area contributed by atoms with Crippen LogP contribution in [0.1, 0.15) is 32.9 Å². The lowest BCUT2D eigenvalue weighted by Crippen LogP contribution is -2.36. The number of hydrogen-bond donors (Lipinski definition) is 3. The molecule has 0 spiro atoms. The van der Waals surface area contributed by atoms with Crippen LogP contribution in [-0.2, 0) is 9.59 Å². The molecule has 0 bridgehead atoms. The van der Waals surface area contributed by atoms with Crippen molar-refractivity contribution < 1.29 is 18.8 Å². The number of aromatic amines is 1. The number of nitrogens with one attached hydrogen (secondary N) is 3. The number of fused-ring (bicyclic) bond motifs is 1. The molecule has 1 aromatic carbocycles. The molecule has 0 aliphatic carbocycles. The number of aromatic nitrogens is 1. The maximum absolute atomic E-state index is 13.6. The Labute approximate surface area is 161 Å². The van der Waals surface area contributed by atoms with Gasteiger partial charge in [-0.3, -0.25) is 14.4 Å². The molecule has 7 nitrogen and oxygen atoms in total. The maximum Gasteiger partial charge on any atom is 0.256 e. The van der Waals surface area contributed by atoms with Gasteiger partial charge in [0.25, 0.3) is 11.8 Å². The molecule has 146 valence electrons. The first-order chi connectivity index (χ1) is 13.2. The van der Waals surface area contributed by atoms with E-state index in [0.29, 0.717) is 39.3 Å². The van der Waals surface area contributed by atoms with Crippen molar-refractivity contribution in [3.8, 4) is 0 Å². The number of halogens is 1. The molecule has 0 saturated heterocycles. The van der Waals surface area contributed by atoms with Crippen LogP contribution in [0.3, 0.4) is 0 Å². The van der Waals surface area contributed by atoms with E-state index in [1.807, 2.05) is 0 Å². The predicted octanol–water partition coefficient (Wildman–Crippen LogP) is 2.08. The largest absolute Gasteiger partial charge is 0.358 e. The summed E-state index contributed by atoms with van der Waals surface area (Å²) in [6, 6.07) is 4.09. The first-order valence-electron chi connectivity index (χ1n) is 8.69. The van der Waals surface area contributed by atoms with Crippen molar-refractivity contribution >= 4 is 35.1 Å². The summed E-state index contributed by atoms with van der Waals surface area (Å²) in [5, 5.41) is 5.29. The van der Waals surface area contributed by atoms with Gasteiger partial charge in [-0.1, -0.05) is 0 Å². The van der Waals surface area contributed by atoms with E-state index in [0.717, 1.165) is 0 Å². The van der Waals surface area contributed by atoms with Crippen molar-refractivity contribution in [2.75, 3.05) is 26.0 Å². The molecule has 0 fully saturated rings. The highest BCUT2D eigenvalue weighted by atomic mass is 19.1. The van der Waals surface area contributed by atoms with Crippen LogP contribution in [0.25, 0.3) is 11.6 Å². The number of hydrogen-bond acceptors (Lipinski definition) is 3. The Morgan fingerprint density at radius 3 is 2.64 bits per heavy atom. The number of amides is 3. The Bertz CT molecular complexity index is 1020. The second kappa shape index (κ2) is 7.30. The van der Waals surface area contributed by atoms with Gasteiger partial charge in [-0.05, 0) is 43.7 Å². The van der Waals surface area contributed by atoms with Crippen LogP contribution in [0, 0.1) is 19.7 Å². The average Bonchev–Trinajstić information content (AvgIpc) is 3.08. The summed E-state index contributed by atoms with van der Waals surface area (Å²) in [4.78, 5) is 41.0. The van der Waals surface area contributed by atoms with E-state index < -0.39 is 5.82 Å². The first kappa shape index (κ1) is 19.3. The zero-order valence-electron chi connectivity index (χ0n) is 16.1. The van der Waals surface area contributed by atoms with Crippen LogP contribution >= 0.6 is 0 Å². The van der Waals surface area contributed by atoms with Crippen molar-refractivity contribution in [2.24, 2.45) is 0 Å². The van der Waals surface area contributed by atoms with Crippen LogP contribution in [0.2, 0.25) is 0 Å². The molecule has 0 radical (unpaired) electrons. The highest BCUT2D eigenvalue weighted by Gasteiger charge is 2.26. The minimum absolute atomic E-state index is 0.110. The Hall–Kier alpha value is -3.42. The van der Waals surface area contributed by atoms with Crippen LogP contribution in [0.5, 0.6) is 0 Å². The summed E-state index contributed by atoms with van der Waals surface area (Å²) in [6.07, 6.45) is 1.60. The van der Waals surface area contributed by atoms with Crippen molar-refractivity contribution in [1.82, 2.24) is 15.2 Å². The van der Waals surface area contributed by atoms with E-state index in [4.69, 9.17) is 0 Å². The van der Waals surface area contributed by atoms with E-state index >= 15 is 0 Å².